The molecule has 0 bridgehead atoms. The van der Waals surface area contributed by atoms with Gasteiger partial charge in [-0.15, -0.1) is 0 Å². The normalized spacial score (nSPS) is 15.1. The molecular weight excluding hydrogens is 478 g/mol. The first kappa shape index (κ1) is 23.9. The van der Waals surface area contributed by atoms with Gasteiger partial charge in [0.25, 0.3) is 11.1 Å². The molecule has 1 aliphatic heterocycles. The van der Waals surface area contributed by atoms with Crippen molar-refractivity contribution in [1.29, 1.82) is 0 Å². The Labute approximate surface area is 187 Å². The second kappa shape index (κ2) is 11.2. The van der Waals surface area contributed by atoms with Crippen LogP contribution >= 0.6 is 27.7 Å². The summed E-state index contributed by atoms with van der Waals surface area (Å²) in [4.78, 5) is 49.3. The number of halogens is 1. The number of hydrogen-bond donors (Lipinski definition) is 0. The molecule has 0 aromatic heterocycles. The minimum absolute atomic E-state index is 0.135. The number of carbonyl (C=O) groups is 4. The van der Waals surface area contributed by atoms with Crippen LogP contribution in [0.5, 0.6) is 5.75 Å². The summed E-state index contributed by atoms with van der Waals surface area (Å²) in [5, 5.41) is -0.559. The van der Waals surface area contributed by atoms with Gasteiger partial charge in [-0.2, -0.15) is 0 Å². The van der Waals surface area contributed by atoms with E-state index < -0.39 is 29.6 Å². The molecule has 1 saturated heterocycles. The van der Waals surface area contributed by atoms with Crippen molar-refractivity contribution in [3.05, 3.63) is 33.1 Å². The number of imide groups is 1. The highest BCUT2D eigenvalue weighted by Crippen LogP contribution is 2.34. The Morgan fingerprint density at radius 3 is 2.60 bits per heavy atom. The van der Waals surface area contributed by atoms with E-state index in [-0.39, 0.29) is 30.6 Å². The average molecular weight is 500 g/mol. The fourth-order valence-corrected chi connectivity index (χ4v) is 3.52. The second-order valence-corrected chi connectivity index (χ2v) is 8.53. The zero-order chi connectivity index (χ0) is 22.3. The van der Waals surface area contributed by atoms with Crippen LogP contribution in [0.15, 0.2) is 27.6 Å². The standard InChI is InChI=1S/C20H22BrNO7S/c1-4-27-18(24)11-28-15-6-5-14(21)7-13(15)8-16-19(25)22(20(26)30-16)9-17(23)29-10-12(2)3/h5-8,12H,4,9-11H2,1-3H3/b16-8+. The van der Waals surface area contributed by atoms with Crippen molar-refractivity contribution >= 4 is 56.9 Å². The molecule has 1 aromatic carbocycles. The molecule has 0 aliphatic carbocycles. The van der Waals surface area contributed by atoms with Crippen LogP contribution in [0.2, 0.25) is 0 Å². The van der Waals surface area contributed by atoms with E-state index in [4.69, 9.17) is 14.2 Å². The maximum atomic E-state index is 12.6. The Balaban J connectivity index is 2.15. The largest absolute Gasteiger partial charge is 0.481 e. The fraction of sp³-hybridized carbons (Fsp3) is 0.400. The monoisotopic (exact) mass is 499 g/mol. The van der Waals surface area contributed by atoms with E-state index >= 15 is 0 Å². The molecule has 0 saturated carbocycles. The number of nitrogens with zero attached hydrogens (tertiary/aromatic N) is 1. The first-order chi connectivity index (χ1) is 14.2. The van der Waals surface area contributed by atoms with E-state index in [2.05, 4.69) is 15.9 Å². The summed E-state index contributed by atoms with van der Waals surface area (Å²) >= 11 is 4.06. The van der Waals surface area contributed by atoms with Gasteiger partial charge in [-0.25, -0.2) is 4.79 Å². The fourth-order valence-electron chi connectivity index (χ4n) is 2.31. The van der Waals surface area contributed by atoms with Crippen LogP contribution in [0.1, 0.15) is 26.3 Å². The quantitative estimate of drug-likeness (QED) is 0.375. The molecule has 1 fully saturated rings. The van der Waals surface area contributed by atoms with Crippen LogP contribution < -0.4 is 4.74 Å². The molecule has 0 N–H and O–H groups in total. The lowest BCUT2D eigenvalue weighted by Gasteiger charge is -2.13. The van der Waals surface area contributed by atoms with Crippen molar-refractivity contribution in [1.82, 2.24) is 4.90 Å². The smallest absolute Gasteiger partial charge is 0.344 e. The average Bonchev–Trinajstić information content (AvgIpc) is 2.93. The summed E-state index contributed by atoms with van der Waals surface area (Å²) in [6.45, 7) is 5.17. The highest BCUT2D eigenvalue weighted by molar-refractivity contribution is 9.10. The van der Waals surface area contributed by atoms with Crippen LogP contribution in [-0.4, -0.2) is 54.4 Å². The van der Waals surface area contributed by atoms with Crippen LogP contribution in [0, 0.1) is 5.92 Å². The number of esters is 2. The van der Waals surface area contributed by atoms with Crippen LogP contribution in [0.4, 0.5) is 4.79 Å². The molecule has 2 amide bonds. The molecule has 8 nitrogen and oxygen atoms in total. The number of carbonyl (C=O) groups excluding carboxylic acids is 4. The predicted octanol–water partition coefficient (Wildman–Crippen LogP) is 3.63. The van der Waals surface area contributed by atoms with E-state index in [1.807, 2.05) is 13.8 Å². The minimum atomic E-state index is -0.645. The third kappa shape index (κ3) is 6.88. The predicted molar refractivity (Wildman–Crippen MR) is 115 cm³/mol. The molecular formula is C20H22BrNO7S. The molecule has 0 spiro atoms. The molecule has 1 heterocycles. The SMILES string of the molecule is CCOC(=O)COc1ccc(Br)cc1/C=C1/SC(=O)N(CC(=O)OCC(C)C)C1=O. The summed E-state index contributed by atoms with van der Waals surface area (Å²) in [6.07, 6.45) is 1.48. The number of thioether (sulfide) groups is 1. The highest BCUT2D eigenvalue weighted by atomic mass is 79.9. The van der Waals surface area contributed by atoms with Crippen LogP contribution in [0.25, 0.3) is 6.08 Å². The summed E-state index contributed by atoms with van der Waals surface area (Å²) in [6, 6.07) is 5.03. The van der Waals surface area contributed by atoms with Crippen LogP contribution in [0.3, 0.4) is 0 Å². The molecule has 0 radical (unpaired) electrons. The molecule has 2 rings (SSSR count). The third-order valence-electron chi connectivity index (χ3n) is 3.65. The van der Waals surface area contributed by atoms with Crippen molar-refractivity contribution in [3.63, 3.8) is 0 Å². The van der Waals surface area contributed by atoms with Gasteiger partial charge in [-0.05, 0) is 48.9 Å². The van der Waals surface area contributed by atoms with E-state index in [9.17, 15) is 19.2 Å². The van der Waals surface area contributed by atoms with Gasteiger partial charge in [0.2, 0.25) is 0 Å². The number of amides is 2. The number of ether oxygens (including phenoxy) is 3. The van der Waals surface area contributed by atoms with E-state index in [0.29, 0.717) is 15.8 Å². The van der Waals surface area contributed by atoms with Gasteiger partial charge >= 0.3 is 11.9 Å². The summed E-state index contributed by atoms with van der Waals surface area (Å²) < 4.78 is 16.1. The van der Waals surface area contributed by atoms with Crippen molar-refractivity contribution in [2.24, 2.45) is 5.92 Å². The summed E-state index contributed by atoms with van der Waals surface area (Å²) in [5.74, 6) is -1.27. The molecule has 10 heteroatoms. The maximum Gasteiger partial charge on any atom is 0.344 e. The number of rotatable bonds is 9. The van der Waals surface area contributed by atoms with Gasteiger partial charge in [0.15, 0.2) is 6.61 Å². The summed E-state index contributed by atoms with van der Waals surface area (Å²) in [7, 11) is 0. The van der Waals surface area contributed by atoms with Crippen molar-refractivity contribution in [3.8, 4) is 5.75 Å². The molecule has 1 aromatic rings. The van der Waals surface area contributed by atoms with Gasteiger partial charge in [0.05, 0.1) is 18.1 Å². The van der Waals surface area contributed by atoms with Gasteiger partial charge in [0.1, 0.15) is 12.3 Å². The topological polar surface area (TPSA) is 99.2 Å². The van der Waals surface area contributed by atoms with Gasteiger partial charge in [-0.3, -0.25) is 19.3 Å². The van der Waals surface area contributed by atoms with Gasteiger partial charge in [0, 0.05) is 10.0 Å². The zero-order valence-electron chi connectivity index (χ0n) is 16.8. The van der Waals surface area contributed by atoms with Crippen molar-refractivity contribution in [2.75, 3.05) is 26.4 Å². The number of hydrogen-bond acceptors (Lipinski definition) is 8. The van der Waals surface area contributed by atoms with E-state index in [1.54, 1.807) is 25.1 Å². The maximum absolute atomic E-state index is 12.6. The molecule has 1 aliphatic rings. The molecule has 30 heavy (non-hydrogen) atoms. The van der Waals surface area contributed by atoms with Crippen molar-refractivity contribution < 1.29 is 33.4 Å². The first-order valence-electron chi connectivity index (χ1n) is 9.20. The highest BCUT2D eigenvalue weighted by Gasteiger charge is 2.36. The van der Waals surface area contributed by atoms with Gasteiger partial charge < -0.3 is 14.2 Å². The minimum Gasteiger partial charge on any atom is -0.481 e. The van der Waals surface area contributed by atoms with E-state index in [0.717, 1.165) is 16.7 Å². The third-order valence-corrected chi connectivity index (χ3v) is 5.05. The Kier molecular flexibility index (Phi) is 8.91. The lowest BCUT2D eigenvalue weighted by atomic mass is 10.2. The lowest BCUT2D eigenvalue weighted by molar-refractivity contribution is -0.147. The molecule has 0 atom stereocenters. The Morgan fingerprint density at radius 1 is 1.20 bits per heavy atom. The second-order valence-electron chi connectivity index (χ2n) is 6.62. The summed E-state index contributed by atoms with van der Waals surface area (Å²) in [5.41, 5.74) is 0.488. The Bertz CT molecular complexity index is 869. The zero-order valence-corrected chi connectivity index (χ0v) is 19.2. The lowest BCUT2D eigenvalue weighted by Crippen LogP contribution is -2.34. The molecule has 162 valence electrons. The number of benzene rings is 1. The van der Waals surface area contributed by atoms with Gasteiger partial charge in [-0.1, -0.05) is 29.8 Å². The van der Waals surface area contributed by atoms with Crippen molar-refractivity contribution in [2.45, 2.75) is 20.8 Å². The molecule has 0 unspecified atom stereocenters. The first-order valence-corrected chi connectivity index (χ1v) is 10.8. The van der Waals surface area contributed by atoms with Crippen LogP contribution in [-0.2, 0) is 23.9 Å². The van der Waals surface area contributed by atoms with E-state index in [1.165, 1.54) is 6.08 Å². The Morgan fingerprint density at radius 2 is 1.93 bits per heavy atom. The Hall–Kier alpha value is -2.33.